The molecular weight excluding hydrogens is 432 g/mol. The van der Waals surface area contributed by atoms with Gasteiger partial charge in [-0.15, -0.1) is 0 Å². The summed E-state index contributed by atoms with van der Waals surface area (Å²) in [6, 6.07) is 4.04. The zero-order valence-electron chi connectivity index (χ0n) is 18.9. The molecule has 4 aromatic rings. The van der Waals surface area contributed by atoms with E-state index in [1.807, 2.05) is 42.3 Å². The minimum atomic E-state index is -0.544. The van der Waals surface area contributed by atoms with Crippen LogP contribution in [-0.2, 0) is 6.54 Å². The van der Waals surface area contributed by atoms with Crippen molar-refractivity contribution < 1.29 is 4.79 Å². The van der Waals surface area contributed by atoms with Crippen LogP contribution in [0.15, 0.2) is 43.2 Å². The third-order valence-corrected chi connectivity index (χ3v) is 6.19. The molecule has 0 unspecified atom stereocenters. The SMILES string of the molecule is CCn1cc(-c2cc3c(N[C@@H]4CN(c5ncc(C#N)cn5)C[C@@H]4C)c(C(N)=O)cnn3c2)cn1. The lowest BCUT2D eigenvalue weighted by atomic mass is 10.1. The minimum Gasteiger partial charge on any atom is -0.378 e. The normalized spacial score (nSPS) is 17.7. The number of amides is 1. The van der Waals surface area contributed by atoms with Gasteiger partial charge in [-0.1, -0.05) is 6.92 Å². The number of nitriles is 1. The van der Waals surface area contributed by atoms with E-state index in [2.05, 4.69) is 37.3 Å². The fourth-order valence-corrected chi connectivity index (χ4v) is 4.28. The van der Waals surface area contributed by atoms with E-state index in [1.54, 1.807) is 4.52 Å². The summed E-state index contributed by atoms with van der Waals surface area (Å²) < 4.78 is 3.60. The Hall–Kier alpha value is -4.46. The van der Waals surface area contributed by atoms with Gasteiger partial charge >= 0.3 is 0 Å². The highest BCUT2D eigenvalue weighted by atomic mass is 16.1. The van der Waals surface area contributed by atoms with E-state index in [0.717, 1.165) is 29.7 Å². The number of nitrogens with one attached hydrogen (secondary N) is 1. The predicted molar refractivity (Wildman–Crippen MR) is 126 cm³/mol. The second-order valence-corrected chi connectivity index (χ2v) is 8.46. The lowest BCUT2D eigenvalue weighted by molar-refractivity contribution is 0.100. The van der Waals surface area contributed by atoms with Gasteiger partial charge in [-0.05, 0) is 18.9 Å². The molecule has 5 rings (SSSR count). The molecule has 3 N–H and O–H groups in total. The zero-order chi connectivity index (χ0) is 23.8. The smallest absolute Gasteiger partial charge is 0.252 e. The van der Waals surface area contributed by atoms with Gasteiger partial charge in [-0.25, -0.2) is 14.5 Å². The summed E-state index contributed by atoms with van der Waals surface area (Å²) in [5.41, 5.74) is 9.78. The lowest BCUT2D eigenvalue weighted by Crippen LogP contribution is -2.30. The molecule has 1 aliphatic rings. The predicted octanol–water partition coefficient (Wildman–Crippen LogP) is 1.92. The number of anilines is 2. The quantitative estimate of drug-likeness (QED) is 0.448. The van der Waals surface area contributed by atoms with Crippen LogP contribution in [0.2, 0.25) is 0 Å². The van der Waals surface area contributed by atoms with Gasteiger partial charge in [0.25, 0.3) is 5.91 Å². The summed E-state index contributed by atoms with van der Waals surface area (Å²) in [6.45, 7) is 6.32. The van der Waals surface area contributed by atoms with Gasteiger partial charge in [0.05, 0.1) is 47.1 Å². The largest absolute Gasteiger partial charge is 0.378 e. The molecule has 5 heterocycles. The molecule has 0 bridgehead atoms. The van der Waals surface area contributed by atoms with Crippen LogP contribution in [-0.4, -0.2) is 54.4 Å². The first-order valence-corrected chi connectivity index (χ1v) is 11.0. The van der Waals surface area contributed by atoms with Gasteiger partial charge in [0.2, 0.25) is 5.95 Å². The Balaban J connectivity index is 1.47. The first-order chi connectivity index (χ1) is 16.5. The van der Waals surface area contributed by atoms with Crippen LogP contribution < -0.4 is 16.0 Å². The van der Waals surface area contributed by atoms with Crippen molar-refractivity contribution in [2.75, 3.05) is 23.3 Å². The van der Waals surface area contributed by atoms with Crippen LogP contribution in [0.3, 0.4) is 0 Å². The minimum absolute atomic E-state index is 0.0183. The van der Waals surface area contributed by atoms with Crippen molar-refractivity contribution in [2.45, 2.75) is 26.4 Å². The summed E-state index contributed by atoms with van der Waals surface area (Å²) in [7, 11) is 0. The molecule has 0 aromatic carbocycles. The molecule has 1 saturated heterocycles. The number of carbonyl (C=O) groups excluding carboxylic acids is 1. The Kier molecular flexibility index (Phi) is 5.33. The van der Waals surface area contributed by atoms with Crippen LogP contribution in [0, 0.1) is 17.2 Å². The number of rotatable bonds is 6. The summed E-state index contributed by atoms with van der Waals surface area (Å²) >= 11 is 0. The molecule has 0 saturated carbocycles. The lowest BCUT2D eigenvalue weighted by Gasteiger charge is -2.20. The number of hydrogen-bond donors (Lipinski definition) is 2. The molecule has 0 radical (unpaired) electrons. The van der Waals surface area contributed by atoms with E-state index in [4.69, 9.17) is 11.0 Å². The summed E-state index contributed by atoms with van der Waals surface area (Å²) in [4.78, 5) is 22.9. The highest BCUT2D eigenvalue weighted by Gasteiger charge is 2.32. The van der Waals surface area contributed by atoms with Crippen molar-refractivity contribution >= 4 is 23.1 Å². The second-order valence-electron chi connectivity index (χ2n) is 8.46. The number of hydrogen-bond acceptors (Lipinski definition) is 8. The highest BCUT2D eigenvalue weighted by Crippen LogP contribution is 2.31. The van der Waals surface area contributed by atoms with E-state index >= 15 is 0 Å². The molecule has 1 aliphatic heterocycles. The van der Waals surface area contributed by atoms with Crippen molar-refractivity contribution in [3.63, 3.8) is 0 Å². The molecule has 4 aromatic heterocycles. The first-order valence-electron chi connectivity index (χ1n) is 11.0. The van der Waals surface area contributed by atoms with Crippen molar-refractivity contribution in [3.8, 4) is 17.2 Å². The molecule has 1 amide bonds. The van der Waals surface area contributed by atoms with Gasteiger partial charge in [-0.2, -0.15) is 15.5 Å². The van der Waals surface area contributed by atoms with E-state index in [1.165, 1.54) is 18.6 Å². The monoisotopic (exact) mass is 456 g/mol. The van der Waals surface area contributed by atoms with E-state index in [9.17, 15) is 4.79 Å². The Morgan fingerprint density at radius 3 is 2.65 bits per heavy atom. The summed E-state index contributed by atoms with van der Waals surface area (Å²) in [5.74, 6) is 0.269. The fourth-order valence-electron chi connectivity index (χ4n) is 4.28. The average molecular weight is 457 g/mol. The second kappa shape index (κ2) is 8.47. The maximum atomic E-state index is 12.2. The standard InChI is InChI=1S/C23H24N10O/c1-3-32-11-17(8-28-32)16-4-20-21(18(22(25)34)9-29-33(20)12-16)30-19-13-31(10-14(19)2)23-26-6-15(5-24)7-27-23/h4,6-9,11-12,14,19,30H,3,10,13H2,1-2H3,(H2,25,34)/t14-,19+/m0/s1. The molecule has 1 fully saturated rings. The molecule has 0 aliphatic carbocycles. The van der Waals surface area contributed by atoms with Gasteiger partial charge in [0.1, 0.15) is 6.07 Å². The number of nitrogens with zero attached hydrogens (tertiary/aromatic N) is 8. The van der Waals surface area contributed by atoms with Crippen LogP contribution >= 0.6 is 0 Å². The fraction of sp³-hybridized carbons (Fsp3) is 0.304. The highest BCUT2D eigenvalue weighted by molar-refractivity contribution is 6.02. The molecule has 11 heteroatoms. The van der Waals surface area contributed by atoms with Gasteiger partial charge in [0, 0.05) is 49.2 Å². The topological polar surface area (TPSA) is 143 Å². The number of fused-ring (bicyclic) bond motifs is 1. The van der Waals surface area contributed by atoms with Crippen molar-refractivity contribution in [2.24, 2.45) is 11.7 Å². The summed E-state index contributed by atoms with van der Waals surface area (Å²) in [5, 5.41) is 21.3. The molecule has 34 heavy (non-hydrogen) atoms. The number of nitrogens with two attached hydrogens (primary N) is 1. The molecule has 2 atom stereocenters. The van der Waals surface area contributed by atoms with Gasteiger partial charge < -0.3 is 16.0 Å². The van der Waals surface area contributed by atoms with E-state index < -0.39 is 5.91 Å². The Morgan fingerprint density at radius 1 is 1.18 bits per heavy atom. The Morgan fingerprint density at radius 2 is 1.97 bits per heavy atom. The van der Waals surface area contributed by atoms with Crippen LogP contribution in [0.25, 0.3) is 16.6 Å². The van der Waals surface area contributed by atoms with Crippen LogP contribution in [0.5, 0.6) is 0 Å². The van der Waals surface area contributed by atoms with Crippen LogP contribution in [0.4, 0.5) is 11.6 Å². The molecule has 0 spiro atoms. The third-order valence-electron chi connectivity index (χ3n) is 6.19. The Labute approximate surface area is 195 Å². The van der Waals surface area contributed by atoms with Gasteiger partial charge in [-0.3, -0.25) is 9.48 Å². The molecular formula is C23H24N10O. The Bertz CT molecular complexity index is 1400. The summed E-state index contributed by atoms with van der Waals surface area (Å²) in [6.07, 6.45) is 10.2. The molecule has 11 nitrogen and oxygen atoms in total. The van der Waals surface area contributed by atoms with E-state index in [0.29, 0.717) is 29.3 Å². The third kappa shape index (κ3) is 3.79. The van der Waals surface area contributed by atoms with Crippen LogP contribution in [0.1, 0.15) is 29.8 Å². The number of carbonyl (C=O) groups is 1. The number of aryl methyl sites for hydroxylation is 1. The maximum Gasteiger partial charge on any atom is 0.252 e. The molecule has 172 valence electrons. The van der Waals surface area contributed by atoms with E-state index in [-0.39, 0.29) is 12.0 Å². The average Bonchev–Trinajstić information content (AvgIpc) is 3.57. The van der Waals surface area contributed by atoms with Crippen molar-refractivity contribution in [3.05, 3.63) is 54.4 Å². The zero-order valence-corrected chi connectivity index (χ0v) is 18.9. The first kappa shape index (κ1) is 21.4. The van der Waals surface area contributed by atoms with Crippen molar-refractivity contribution in [1.82, 2.24) is 29.4 Å². The van der Waals surface area contributed by atoms with Gasteiger partial charge in [0.15, 0.2) is 0 Å². The van der Waals surface area contributed by atoms with Crippen molar-refractivity contribution in [1.29, 1.82) is 5.26 Å². The number of aromatic nitrogens is 6. The number of primary amides is 1. The maximum absolute atomic E-state index is 12.2.